The second kappa shape index (κ2) is 4.52. The normalized spacial score (nSPS) is 10.6. The third-order valence-corrected chi connectivity index (χ3v) is 2.52. The van der Waals surface area contributed by atoms with Crippen molar-refractivity contribution in [2.75, 3.05) is 6.61 Å². The first kappa shape index (κ1) is 12.2. The first-order valence-corrected chi connectivity index (χ1v) is 5.43. The Kier molecular flexibility index (Phi) is 3.06. The monoisotopic (exact) mass is 247 g/mol. The van der Waals surface area contributed by atoms with Crippen molar-refractivity contribution in [2.45, 2.75) is 13.8 Å². The number of primary amides is 1. The maximum atomic E-state index is 11.3. The topological polar surface area (TPSA) is 82.5 Å². The predicted molar refractivity (Wildman–Crippen MR) is 66.6 cm³/mol. The second-order valence-electron chi connectivity index (χ2n) is 4.14. The summed E-state index contributed by atoms with van der Waals surface area (Å²) in [6, 6.07) is 4.91. The summed E-state index contributed by atoms with van der Waals surface area (Å²) in [5.41, 5.74) is 6.69. The van der Waals surface area contributed by atoms with E-state index in [0.717, 1.165) is 11.1 Å². The van der Waals surface area contributed by atoms with Crippen molar-refractivity contribution in [2.24, 2.45) is 5.73 Å². The molecule has 0 atom stereocenters. The number of benzene rings is 1. The van der Waals surface area contributed by atoms with E-state index in [2.05, 4.69) is 0 Å². The fourth-order valence-electron chi connectivity index (χ4n) is 1.84. The van der Waals surface area contributed by atoms with Gasteiger partial charge in [0.25, 0.3) is 5.91 Å². The zero-order valence-electron chi connectivity index (χ0n) is 10.1. The molecule has 0 saturated carbocycles. The largest absolute Gasteiger partial charge is 0.483 e. The van der Waals surface area contributed by atoms with Crippen molar-refractivity contribution in [1.29, 1.82) is 0 Å². The summed E-state index contributed by atoms with van der Waals surface area (Å²) < 4.78 is 10.5. The SMILES string of the molecule is Cc1cc(OCC(N)=O)c2c(C)cc(=O)oc2c1. The molecular formula is C13H13NO4. The van der Waals surface area contributed by atoms with Crippen LogP contribution in [0, 0.1) is 13.8 Å². The summed E-state index contributed by atoms with van der Waals surface area (Å²) in [6.07, 6.45) is 0. The van der Waals surface area contributed by atoms with Gasteiger partial charge in [0.1, 0.15) is 11.3 Å². The van der Waals surface area contributed by atoms with Crippen LogP contribution >= 0.6 is 0 Å². The van der Waals surface area contributed by atoms with Crippen molar-refractivity contribution >= 4 is 16.9 Å². The smallest absolute Gasteiger partial charge is 0.336 e. The van der Waals surface area contributed by atoms with E-state index in [9.17, 15) is 9.59 Å². The molecule has 0 aliphatic rings. The van der Waals surface area contributed by atoms with Crippen LogP contribution in [0.5, 0.6) is 5.75 Å². The third-order valence-electron chi connectivity index (χ3n) is 2.52. The van der Waals surface area contributed by atoms with Gasteiger partial charge in [-0.1, -0.05) is 0 Å². The maximum absolute atomic E-state index is 11.3. The molecule has 0 fully saturated rings. The summed E-state index contributed by atoms with van der Waals surface area (Å²) in [7, 11) is 0. The number of ether oxygens (including phenoxy) is 1. The molecule has 1 heterocycles. The fourth-order valence-corrected chi connectivity index (χ4v) is 1.84. The van der Waals surface area contributed by atoms with Crippen molar-refractivity contribution in [3.05, 3.63) is 39.7 Å². The minimum Gasteiger partial charge on any atom is -0.483 e. The average molecular weight is 247 g/mol. The minimum atomic E-state index is -0.556. The average Bonchev–Trinajstić information content (AvgIpc) is 2.24. The highest BCUT2D eigenvalue weighted by Crippen LogP contribution is 2.29. The first-order chi connectivity index (χ1) is 8.47. The van der Waals surface area contributed by atoms with Gasteiger partial charge in [-0.25, -0.2) is 4.79 Å². The molecule has 1 amide bonds. The number of hydrogen-bond donors (Lipinski definition) is 1. The van der Waals surface area contributed by atoms with Gasteiger partial charge in [0.05, 0.1) is 5.39 Å². The molecule has 2 rings (SSSR count). The number of fused-ring (bicyclic) bond motifs is 1. The molecular weight excluding hydrogens is 234 g/mol. The summed E-state index contributed by atoms with van der Waals surface area (Å²) in [6.45, 7) is 3.42. The zero-order chi connectivity index (χ0) is 13.3. The van der Waals surface area contributed by atoms with E-state index < -0.39 is 11.5 Å². The van der Waals surface area contributed by atoms with Gasteiger partial charge in [0.2, 0.25) is 0 Å². The van der Waals surface area contributed by atoms with E-state index in [1.807, 2.05) is 6.92 Å². The number of nitrogens with two attached hydrogens (primary N) is 1. The van der Waals surface area contributed by atoms with E-state index in [0.29, 0.717) is 16.7 Å². The standard InChI is InChI=1S/C13H13NO4/c1-7-3-9(17-6-11(14)15)13-8(2)5-12(16)18-10(13)4-7/h3-5H,6H2,1-2H3,(H2,14,15). The lowest BCUT2D eigenvalue weighted by molar-refractivity contribution is -0.119. The lowest BCUT2D eigenvalue weighted by Crippen LogP contribution is -2.20. The molecule has 94 valence electrons. The van der Waals surface area contributed by atoms with Gasteiger partial charge in [-0.05, 0) is 37.1 Å². The lowest BCUT2D eigenvalue weighted by atomic mass is 10.1. The van der Waals surface area contributed by atoms with E-state index in [1.54, 1.807) is 19.1 Å². The first-order valence-electron chi connectivity index (χ1n) is 5.43. The number of carbonyl (C=O) groups excluding carboxylic acids is 1. The number of amides is 1. The summed E-state index contributed by atoms with van der Waals surface area (Å²) in [5.74, 6) is -0.0651. The van der Waals surface area contributed by atoms with Crippen LogP contribution < -0.4 is 16.1 Å². The van der Waals surface area contributed by atoms with E-state index >= 15 is 0 Å². The molecule has 2 N–H and O–H groups in total. The van der Waals surface area contributed by atoms with Gasteiger partial charge < -0.3 is 14.9 Å². The lowest BCUT2D eigenvalue weighted by Gasteiger charge is -2.10. The Morgan fingerprint density at radius 3 is 2.72 bits per heavy atom. The van der Waals surface area contributed by atoms with Crippen LogP contribution in [0.25, 0.3) is 11.0 Å². The molecule has 0 spiro atoms. The molecule has 1 aromatic heterocycles. The Labute approximate surface area is 103 Å². The molecule has 5 heteroatoms. The molecule has 0 bridgehead atoms. The number of rotatable bonds is 3. The zero-order valence-corrected chi connectivity index (χ0v) is 10.1. The second-order valence-corrected chi connectivity index (χ2v) is 4.14. The maximum Gasteiger partial charge on any atom is 0.336 e. The van der Waals surface area contributed by atoms with Crippen LogP contribution in [0.4, 0.5) is 0 Å². The minimum absolute atomic E-state index is 0.211. The van der Waals surface area contributed by atoms with Crippen LogP contribution in [0.1, 0.15) is 11.1 Å². The van der Waals surface area contributed by atoms with Gasteiger partial charge in [0, 0.05) is 6.07 Å². The van der Waals surface area contributed by atoms with Gasteiger partial charge in [-0.2, -0.15) is 0 Å². The number of hydrogen-bond acceptors (Lipinski definition) is 4. The Hall–Kier alpha value is -2.30. The van der Waals surface area contributed by atoms with E-state index in [4.69, 9.17) is 14.9 Å². The van der Waals surface area contributed by atoms with E-state index in [-0.39, 0.29) is 6.61 Å². The Morgan fingerprint density at radius 2 is 2.06 bits per heavy atom. The van der Waals surface area contributed by atoms with Gasteiger partial charge >= 0.3 is 5.63 Å². The van der Waals surface area contributed by atoms with Crippen molar-refractivity contribution < 1.29 is 13.9 Å². The van der Waals surface area contributed by atoms with Gasteiger partial charge in [0.15, 0.2) is 6.61 Å². The van der Waals surface area contributed by atoms with Crippen LogP contribution in [0.2, 0.25) is 0 Å². The summed E-state index contributed by atoms with van der Waals surface area (Å²) in [5, 5.41) is 0.682. The van der Waals surface area contributed by atoms with Crippen LogP contribution in [0.3, 0.4) is 0 Å². The molecule has 0 radical (unpaired) electrons. The Morgan fingerprint density at radius 1 is 1.33 bits per heavy atom. The fraction of sp³-hybridized carbons (Fsp3) is 0.231. The highest BCUT2D eigenvalue weighted by atomic mass is 16.5. The molecule has 0 unspecified atom stereocenters. The summed E-state index contributed by atoms with van der Waals surface area (Å²) >= 11 is 0. The van der Waals surface area contributed by atoms with Gasteiger partial charge in [-0.15, -0.1) is 0 Å². The molecule has 2 aromatic rings. The quantitative estimate of drug-likeness (QED) is 0.828. The summed E-state index contributed by atoms with van der Waals surface area (Å²) in [4.78, 5) is 22.1. The van der Waals surface area contributed by atoms with E-state index in [1.165, 1.54) is 6.07 Å². The van der Waals surface area contributed by atoms with Crippen LogP contribution in [-0.4, -0.2) is 12.5 Å². The molecule has 18 heavy (non-hydrogen) atoms. The molecule has 0 aliphatic heterocycles. The number of aryl methyl sites for hydroxylation is 2. The van der Waals surface area contributed by atoms with Crippen molar-refractivity contribution in [3.63, 3.8) is 0 Å². The molecule has 5 nitrogen and oxygen atoms in total. The van der Waals surface area contributed by atoms with Crippen molar-refractivity contribution in [3.8, 4) is 5.75 Å². The van der Waals surface area contributed by atoms with Crippen LogP contribution in [0.15, 0.2) is 27.4 Å². The highest BCUT2D eigenvalue weighted by molar-refractivity contribution is 5.87. The molecule has 0 aliphatic carbocycles. The number of carbonyl (C=O) groups is 1. The van der Waals surface area contributed by atoms with Gasteiger partial charge in [-0.3, -0.25) is 4.79 Å². The Balaban J connectivity index is 2.64. The highest BCUT2D eigenvalue weighted by Gasteiger charge is 2.10. The van der Waals surface area contributed by atoms with Crippen molar-refractivity contribution in [1.82, 2.24) is 0 Å². The molecule has 1 aromatic carbocycles. The van der Waals surface area contributed by atoms with Crippen LogP contribution in [-0.2, 0) is 4.79 Å². The third kappa shape index (κ3) is 2.34. The predicted octanol–water partition coefficient (Wildman–Crippen LogP) is 1.27. The molecule has 0 saturated heterocycles. The Bertz CT molecular complexity index is 672.